The number of rotatable bonds is 4. The fourth-order valence-electron chi connectivity index (χ4n) is 2.45. The molecule has 2 rings (SSSR count). The van der Waals surface area contributed by atoms with Crippen LogP contribution < -0.4 is 4.74 Å². The molecule has 0 bridgehead atoms. The standard InChI is InChI=1S/C14H15F2NO4/c1-14(12(19)20)7-2-8-17(14)11(18)9-3-5-10(6-4-9)21-13(15)16/h3-6,13H,2,7-8H2,1H3,(H,19,20). The quantitative estimate of drug-likeness (QED) is 0.927. The molecular formula is C14H15F2NO4. The normalized spacial score (nSPS) is 21.6. The minimum Gasteiger partial charge on any atom is -0.480 e. The molecule has 0 saturated carbocycles. The number of aliphatic carboxylic acids is 1. The summed E-state index contributed by atoms with van der Waals surface area (Å²) in [7, 11) is 0. The Morgan fingerprint density at radius 2 is 1.95 bits per heavy atom. The second-order valence-electron chi connectivity index (χ2n) is 5.04. The molecule has 1 saturated heterocycles. The van der Waals surface area contributed by atoms with Crippen LogP contribution in [0.4, 0.5) is 8.78 Å². The van der Waals surface area contributed by atoms with E-state index in [1.54, 1.807) is 0 Å². The molecule has 0 radical (unpaired) electrons. The van der Waals surface area contributed by atoms with Gasteiger partial charge < -0.3 is 14.7 Å². The van der Waals surface area contributed by atoms with E-state index in [4.69, 9.17) is 0 Å². The number of benzene rings is 1. The Morgan fingerprint density at radius 3 is 2.48 bits per heavy atom. The smallest absolute Gasteiger partial charge is 0.387 e. The summed E-state index contributed by atoms with van der Waals surface area (Å²) >= 11 is 0. The van der Waals surface area contributed by atoms with Crippen molar-refractivity contribution in [3.05, 3.63) is 29.8 Å². The second kappa shape index (κ2) is 5.67. The van der Waals surface area contributed by atoms with Crippen LogP contribution in [0.5, 0.6) is 5.75 Å². The van der Waals surface area contributed by atoms with E-state index in [9.17, 15) is 23.5 Å². The highest BCUT2D eigenvalue weighted by molar-refractivity contribution is 5.98. The van der Waals surface area contributed by atoms with E-state index in [1.807, 2.05) is 0 Å². The highest BCUT2D eigenvalue weighted by Gasteiger charge is 2.46. The zero-order valence-corrected chi connectivity index (χ0v) is 11.4. The number of hydrogen-bond donors (Lipinski definition) is 1. The lowest BCUT2D eigenvalue weighted by molar-refractivity contribution is -0.147. The molecule has 0 aromatic heterocycles. The Balaban J connectivity index is 2.18. The minimum absolute atomic E-state index is 0.0519. The molecule has 114 valence electrons. The van der Waals surface area contributed by atoms with Crippen LogP contribution in [0.25, 0.3) is 0 Å². The van der Waals surface area contributed by atoms with E-state index in [-0.39, 0.29) is 11.3 Å². The summed E-state index contributed by atoms with van der Waals surface area (Å²) in [6.45, 7) is -1.06. The summed E-state index contributed by atoms with van der Waals surface area (Å²) in [6, 6.07) is 5.21. The van der Waals surface area contributed by atoms with E-state index >= 15 is 0 Å². The number of carbonyl (C=O) groups is 2. The molecule has 5 nitrogen and oxygen atoms in total. The van der Waals surface area contributed by atoms with E-state index in [0.717, 1.165) is 0 Å². The average molecular weight is 299 g/mol. The number of nitrogens with zero attached hydrogens (tertiary/aromatic N) is 1. The lowest BCUT2D eigenvalue weighted by atomic mass is 9.98. The summed E-state index contributed by atoms with van der Waals surface area (Å²) in [4.78, 5) is 25.0. The van der Waals surface area contributed by atoms with Crippen LogP contribution in [-0.4, -0.2) is 40.6 Å². The third kappa shape index (κ3) is 2.96. The van der Waals surface area contributed by atoms with Crippen molar-refractivity contribution in [2.75, 3.05) is 6.54 Å². The van der Waals surface area contributed by atoms with Gasteiger partial charge in [0, 0.05) is 12.1 Å². The first-order chi connectivity index (χ1) is 9.84. The van der Waals surface area contributed by atoms with Gasteiger partial charge in [0.2, 0.25) is 0 Å². The molecular weight excluding hydrogens is 284 g/mol. The summed E-state index contributed by atoms with van der Waals surface area (Å²) in [5.74, 6) is -1.53. The maximum atomic E-state index is 12.4. The maximum Gasteiger partial charge on any atom is 0.387 e. The van der Waals surface area contributed by atoms with Crippen LogP contribution in [0.2, 0.25) is 0 Å². The van der Waals surface area contributed by atoms with Gasteiger partial charge in [0.15, 0.2) is 0 Å². The molecule has 21 heavy (non-hydrogen) atoms. The number of amides is 1. The number of carboxylic acid groups (broad SMARTS) is 1. The van der Waals surface area contributed by atoms with Gasteiger partial charge >= 0.3 is 12.6 Å². The number of carboxylic acids is 1. The van der Waals surface area contributed by atoms with Crippen molar-refractivity contribution in [2.24, 2.45) is 0 Å². The fraction of sp³-hybridized carbons (Fsp3) is 0.429. The average Bonchev–Trinajstić information content (AvgIpc) is 2.81. The van der Waals surface area contributed by atoms with E-state index in [2.05, 4.69) is 4.74 Å². The van der Waals surface area contributed by atoms with Gasteiger partial charge in [-0.05, 0) is 44.0 Å². The predicted molar refractivity (Wildman–Crippen MR) is 69.4 cm³/mol. The van der Waals surface area contributed by atoms with Crippen LogP contribution in [0, 0.1) is 0 Å². The summed E-state index contributed by atoms with van der Waals surface area (Å²) in [6.07, 6.45) is 1.00. The molecule has 1 unspecified atom stereocenters. The Hall–Kier alpha value is -2.18. The number of halogens is 2. The molecule has 1 N–H and O–H groups in total. The molecule has 1 amide bonds. The highest BCUT2D eigenvalue weighted by Crippen LogP contribution is 2.31. The number of ether oxygens (including phenoxy) is 1. The van der Waals surface area contributed by atoms with Crippen molar-refractivity contribution in [2.45, 2.75) is 31.9 Å². The molecule has 1 atom stereocenters. The number of hydrogen-bond acceptors (Lipinski definition) is 3. The molecule has 0 spiro atoms. The molecule has 1 aromatic carbocycles. The third-order valence-corrected chi connectivity index (χ3v) is 3.67. The monoisotopic (exact) mass is 299 g/mol. The molecule has 1 aliphatic heterocycles. The fourth-order valence-corrected chi connectivity index (χ4v) is 2.45. The topological polar surface area (TPSA) is 66.8 Å². The SMILES string of the molecule is CC1(C(=O)O)CCCN1C(=O)c1ccc(OC(F)F)cc1. The maximum absolute atomic E-state index is 12.4. The van der Waals surface area contributed by atoms with Gasteiger partial charge in [-0.2, -0.15) is 8.78 Å². The van der Waals surface area contributed by atoms with Gasteiger partial charge in [-0.15, -0.1) is 0 Å². The lowest BCUT2D eigenvalue weighted by Crippen LogP contribution is -2.50. The third-order valence-electron chi connectivity index (χ3n) is 3.67. The molecule has 1 heterocycles. The van der Waals surface area contributed by atoms with Crippen LogP contribution >= 0.6 is 0 Å². The van der Waals surface area contributed by atoms with Gasteiger partial charge in [0.1, 0.15) is 11.3 Å². The van der Waals surface area contributed by atoms with Crippen LogP contribution in [0.3, 0.4) is 0 Å². The minimum atomic E-state index is -2.93. The first kappa shape index (κ1) is 15.2. The van der Waals surface area contributed by atoms with Crippen LogP contribution in [-0.2, 0) is 4.79 Å². The van der Waals surface area contributed by atoms with Gasteiger partial charge in [-0.3, -0.25) is 4.79 Å². The lowest BCUT2D eigenvalue weighted by Gasteiger charge is -2.31. The van der Waals surface area contributed by atoms with Crippen molar-refractivity contribution >= 4 is 11.9 Å². The van der Waals surface area contributed by atoms with Crippen molar-refractivity contribution < 1.29 is 28.2 Å². The number of alkyl halides is 2. The Labute approximate surface area is 120 Å². The van der Waals surface area contributed by atoms with Gasteiger partial charge in [0.25, 0.3) is 5.91 Å². The summed E-state index contributed by atoms with van der Waals surface area (Å²) in [5.41, 5.74) is -0.985. The van der Waals surface area contributed by atoms with Crippen molar-refractivity contribution in [1.29, 1.82) is 0 Å². The van der Waals surface area contributed by atoms with E-state index < -0.39 is 24.0 Å². The zero-order chi connectivity index (χ0) is 15.6. The second-order valence-corrected chi connectivity index (χ2v) is 5.04. The largest absolute Gasteiger partial charge is 0.480 e. The molecule has 1 aliphatic rings. The zero-order valence-electron chi connectivity index (χ0n) is 11.4. The van der Waals surface area contributed by atoms with Gasteiger partial charge in [0.05, 0.1) is 0 Å². The number of carbonyl (C=O) groups excluding carboxylic acids is 1. The first-order valence-electron chi connectivity index (χ1n) is 6.45. The first-order valence-corrected chi connectivity index (χ1v) is 6.45. The Bertz CT molecular complexity index is 546. The van der Waals surface area contributed by atoms with Gasteiger partial charge in [-0.25, -0.2) is 4.79 Å². The molecule has 1 aromatic rings. The summed E-state index contributed by atoms with van der Waals surface area (Å²) < 4.78 is 28.3. The van der Waals surface area contributed by atoms with E-state index in [1.165, 1.54) is 36.1 Å². The van der Waals surface area contributed by atoms with Crippen molar-refractivity contribution in [3.63, 3.8) is 0 Å². The van der Waals surface area contributed by atoms with Crippen LogP contribution in [0.15, 0.2) is 24.3 Å². The Morgan fingerprint density at radius 1 is 1.33 bits per heavy atom. The van der Waals surface area contributed by atoms with E-state index in [0.29, 0.717) is 19.4 Å². The van der Waals surface area contributed by atoms with Gasteiger partial charge in [-0.1, -0.05) is 0 Å². The van der Waals surface area contributed by atoms with Crippen molar-refractivity contribution in [1.82, 2.24) is 4.90 Å². The predicted octanol–water partition coefficient (Wildman–Crippen LogP) is 2.37. The molecule has 1 fully saturated rings. The molecule has 7 heteroatoms. The van der Waals surface area contributed by atoms with Crippen LogP contribution in [0.1, 0.15) is 30.1 Å². The summed E-state index contributed by atoms with van der Waals surface area (Å²) in [5, 5.41) is 9.28. The molecule has 0 aliphatic carbocycles. The van der Waals surface area contributed by atoms with Crippen molar-refractivity contribution in [3.8, 4) is 5.75 Å². The number of likely N-dealkylation sites (tertiary alicyclic amines) is 1. The highest BCUT2D eigenvalue weighted by atomic mass is 19.3. The Kier molecular flexibility index (Phi) is 4.11.